The third-order valence-electron chi connectivity index (χ3n) is 4.58. The van der Waals surface area contributed by atoms with Crippen LogP contribution < -0.4 is 5.32 Å². The van der Waals surface area contributed by atoms with Crippen LogP contribution in [0.4, 0.5) is 0 Å². The molecule has 0 saturated heterocycles. The van der Waals surface area contributed by atoms with E-state index in [-0.39, 0.29) is 5.91 Å². The van der Waals surface area contributed by atoms with Crippen molar-refractivity contribution >= 4 is 28.1 Å². The number of nitrogens with one attached hydrogen (secondary N) is 2. The standard InChI is InChI=1S/C19H21N3OS/c23-18(11-13-12-21-15-6-2-1-5-14(13)15)20-10-9-19-22-16-7-3-4-8-17(16)24-19/h1-2,5-6,12,21H,3-4,7-11H2,(H,20,23). The largest absolute Gasteiger partial charge is 0.361 e. The second kappa shape index (κ2) is 6.77. The Labute approximate surface area is 145 Å². The maximum absolute atomic E-state index is 12.2. The number of thiazole rings is 1. The summed E-state index contributed by atoms with van der Waals surface area (Å²) < 4.78 is 0. The van der Waals surface area contributed by atoms with Crippen LogP contribution >= 0.6 is 11.3 Å². The summed E-state index contributed by atoms with van der Waals surface area (Å²) in [5, 5.41) is 5.31. The van der Waals surface area contributed by atoms with Crippen molar-refractivity contribution < 1.29 is 4.79 Å². The molecule has 1 aliphatic rings. The number of H-pyrrole nitrogens is 1. The fourth-order valence-electron chi connectivity index (χ4n) is 3.33. The quantitative estimate of drug-likeness (QED) is 0.748. The number of hydrogen-bond donors (Lipinski definition) is 2. The number of hydrogen-bond acceptors (Lipinski definition) is 3. The topological polar surface area (TPSA) is 57.8 Å². The summed E-state index contributed by atoms with van der Waals surface area (Å²) in [6, 6.07) is 8.08. The number of amides is 1. The average Bonchev–Trinajstić information content (AvgIpc) is 3.19. The van der Waals surface area contributed by atoms with E-state index in [1.54, 1.807) is 0 Å². The SMILES string of the molecule is O=C(Cc1c[nH]c2ccccc12)NCCc1nc2c(s1)CCCC2. The highest BCUT2D eigenvalue weighted by Crippen LogP contribution is 2.26. The highest BCUT2D eigenvalue weighted by Gasteiger charge is 2.15. The minimum atomic E-state index is 0.0704. The maximum atomic E-state index is 12.2. The van der Waals surface area contributed by atoms with E-state index >= 15 is 0 Å². The van der Waals surface area contributed by atoms with Crippen LogP contribution in [0, 0.1) is 0 Å². The van der Waals surface area contributed by atoms with Crippen molar-refractivity contribution in [3.8, 4) is 0 Å². The number of carbonyl (C=O) groups excluding carboxylic acids is 1. The zero-order valence-electron chi connectivity index (χ0n) is 13.6. The van der Waals surface area contributed by atoms with Crippen molar-refractivity contribution in [2.75, 3.05) is 6.54 Å². The molecule has 4 nitrogen and oxygen atoms in total. The molecule has 1 aromatic carbocycles. The van der Waals surface area contributed by atoms with Crippen LogP contribution in [0.2, 0.25) is 0 Å². The molecule has 0 atom stereocenters. The van der Waals surface area contributed by atoms with Crippen molar-refractivity contribution in [3.63, 3.8) is 0 Å². The lowest BCUT2D eigenvalue weighted by Crippen LogP contribution is -2.27. The van der Waals surface area contributed by atoms with Crippen molar-refractivity contribution in [2.24, 2.45) is 0 Å². The van der Waals surface area contributed by atoms with E-state index in [0.717, 1.165) is 34.3 Å². The summed E-state index contributed by atoms with van der Waals surface area (Å²) in [5.74, 6) is 0.0704. The first-order valence-corrected chi connectivity index (χ1v) is 9.40. The molecular formula is C19H21N3OS. The van der Waals surface area contributed by atoms with E-state index in [2.05, 4.69) is 16.4 Å². The second-order valence-electron chi connectivity index (χ2n) is 6.32. The monoisotopic (exact) mass is 339 g/mol. The van der Waals surface area contributed by atoms with Gasteiger partial charge in [-0.3, -0.25) is 4.79 Å². The smallest absolute Gasteiger partial charge is 0.224 e. The van der Waals surface area contributed by atoms with Gasteiger partial charge in [0.15, 0.2) is 0 Å². The first-order valence-electron chi connectivity index (χ1n) is 8.59. The number of fused-ring (bicyclic) bond motifs is 2. The van der Waals surface area contributed by atoms with E-state index < -0.39 is 0 Å². The molecule has 0 unspecified atom stereocenters. The van der Waals surface area contributed by atoms with Gasteiger partial charge in [-0.2, -0.15) is 0 Å². The lowest BCUT2D eigenvalue weighted by molar-refractivity contribution is -0.120. The third kappa shape index (κ3) is 3.22. The molecule has 2 heterocycles. The molecule has 0 spiro atoms. The molecule has 2 aromatic heterocycles. The number of aryl methyl sites for hydroxylation is 2. The van der Waals surface area contributed by atoms with Gasteiger partial charge in [-0.05, 0) is 37.3 Å². The maximum Gasteiger partial charge on any atom is 0.224 e. The predicted molar refractivity (Wildman–Crippen MR) is 97.5 cm³/mol. The van der Waals surface area contributed by atoms with Gasteiger partial charge in [0.1, 0.15) is 0 Å². The Kier molecular flexibility index (Phi) is 4.34. The molecule has 0 saturated carbocycles. The molecule has 3 aromatic rings. The summed E-state index contributed by atoms with van der Waals surface area (Å²) >= 11 is 1.83. The van der Waals surface area contributed by atoms with Crippen molar-refractivity contribution in [1.29, 1.82) is 0 Å². The van der Waals surface area contributed by atoms with Gasteiger partial charge in [0, 0.05) is 34.9 Å². The first kappa shape index (κ1) is 15.4. The summed E-state index contributed by atoms with van der Waals surface area (Å²) in [7, 11) is 0. The normalized spacial score (nSPS) is 13.8. The van der Waals surface area contributed by atoms with E-state index in [0.29, 0.717) is 13.0 Å². The Morgan fingerprint density at radius 1 is 1.25 bits per heavy atom. The summed E-state index contributed by atoms with van der Waals surface area (Å²) in [4.78, 5) is 21.6. The average molecular weight is 339 g/mol. The molecule has 0 radical (unpaired) electrons. The van der Waals surface area contributed by atoms with Gasteiger partial charge in [0.2, 0.25) is 5.91 Å². The summed E-state index contributed by atoms with van der Waals surface area (Å²) in [6.07, 6.45) is 8.03. The van der Waals surface area contributed by atoms with Gasteiger partial charge in [-0.1, -0.05) is 18.2 Å². The lowest BCUT2D eigenvalue weighted by atomic mass is 10.0. The number of nitrogens with zero attached hydrogens (tertiary/aromatic N) is 1. The summed E-state index contributed by atoms with van der Waals surface area (Å²) in [6.45, 7) is 0.660. The zero-order valence-corrected chi connectivity index (χ0v) is 14.4. The molecule has 0 aliphatic heterocycles. The van der Waals surface area contributed by atoms with Crippen LogP contribution in [0.5, 0.6) is 0 Å². The molecule has 5 heteroatoms. The zero-order chi connectivity index (χ0) is 16.4. The van der Waals surface area contributed by atoms with Crippen LogP contribution in [0.15, 0.2) is 30.5 Å². The minimum Gasteiger partial charge on any atom is -0.361 e. The fraction of sp³-hybridized carbons (Fsp3) is 0.368. The number of carbonyl (C=O) groups is 1. The van der Waals surface area contributed by atoms with Crippen LogP contribution in [0.3, 0.4) is 0 Å². The molecule has 124 valence electrons. The number of para-hydroxylation sites is 1. The number of benzene rings is 1. The van der Waals surface area contributed by atoms with Gasteiger partial charge >= 0.3 is 0 Å². The van der Waals surface area contributed by atoms with Gasteiger partial charge < -0.3 is 10.3 Å². The Morgan fingerprint density at radius 2 is 2.12 bits per heavy atom. The Morgan fingerprint density at radius 3 is 3.04 bits per heavy atom. The minimum absolute atomic E-state index is 0.0704. The highest BCUT2D eigenvalue weighted by atomic mass is 32.1. The van der Waals surface area contributed by atoms with Gasteiger partial charge in [0.25, 0.3) is 0 Å². The Bertz CT molecular complexity index is 841. The van der Waals surface area contributed by atoms with Crippen LogP contribution in [0.25, 0.3) is 10.9 Å². The fourth-order valence-corrected chi connectivity index (χ4v) is 4.49. The van der Waals surface area contributed by atoms with E-state index in [1.165, 1.54) is 29.8 Å². The van der Waals surface area contributed by atoms with Crippen LogP contribution in [0.1, 0.15) is 34.0 Å². The third-order valence-corrected chi connectivity index (χ3v) is 5.79. The van der Waals surface area contributed by atoms with Crippen LogP contribution in [-0.4, -0.2) is 22.4 Å². The predicted octanol–water partition coefficient (Wildman–Crippen LogP) is 3.40. The molecule has 1 amide bonds. The first-order chi connectivity index (χ1) is 11.8. The van der Waals surface area contributed by atoms with E-state index in [1.807, 2.05) is 35.7 Å². The second-order valence-corrected chi connectivity index (χ2v) is 7.49. The lowest BCUT2D eigenvalue weighted by Gasteiger charge is -2.06. The number of aromatic amines is 1. The van der Waals surface area contributed by atoms with Crippen molar-refractivity contribution in [2.45, 2.75) is 38.5 Å². The van der Waals surface area contributed by atoms with E-state index in [4.69, 9.17) is 4.98 Å². The van der Waals surface area contributed by atoms with Crippen LogP contribution in [-0.2, 0) is 30.5 Å². The van der Waals surface area contributed by atoms with Gasteiger partial charge in [-0.15, -0.1) is 11.3 Å². The molecule has 1 aliphatic carbocycles. The van der Waals surface area contributed by atoms with Crippen molar-refractivity contribution in [1.82, 2.24) is 15.3 Å². The van der Waals surface area contributed by atoms with Crippen molar-refractivity contribution in [3.05, 3.63) is 51.6 Å². The highest BCUT2D eigenvalue weighted by molar-refractivity contribution is 7.11. The molecular weight excluding hydrogens is 318 g/mol. The molecule has 0 fully saturated rings. The van der Waals surface area contributed by atoms with Gasteiger partial charge in [-0.25, -0.2) is 4.98 Å². The molecule has 2 N–H and O–H groups in total. The molecule has 4 rings (SSSR count). The molecule has 0 bridgehead atoms. The molecule has 24 heavy (non-hydrogen) atoms. The summed E-state index contributed by atoms with van der Waals surface area (Å²) in [5.41, 5.74) is 3.42. The van der Waals surface area contributed by atoms with E-state index in [9.17, 15) is 4.79 Å². The Hall–Kier alpha value is -2.14. The number of aromatic nitrogens is 2. The Balaban J connectivity index is 1.31. The number of rotatable bonds is 5. The van der Waals surface area contributed by atoms with Gasteiger partial charge in [0.05, 0.1) is 17.1 Å².